The Morgan fingerprint density at radius 2 is 2.27 bits per heavy atom. The van der Waals surface area contributed by atoms with E-state index in [0.29, 0.717) is 5.56 Å². The van der Waals surface area contributed by atoms with Crippen LogP contribution in [0.1, 0.15) is 28.8 Å². The molecular formula is C18H19N3O. The summed E-state index contributed by atoms with van der Waals surface area (Å²) >= 11 is 0. The lowest BCUT2D eigenvalue weighted by Crippen LogP contribution is -2.47. The van der Waals surface area contributed by atoms with Gasteiger partial charge in [0.1, 0.15) is 0 Å². The van der Waals surface area contributed by atoms with Gasteiger partial charge in [-0.25, -0.2) is 0 Å². The monoisotopic (exact) mass is 293 g/mol. The highest BCUT2D eigenvalue weighted by atomic mass is 16.1. The van der Waals surface area contributed by atoms with Crippen LogP contribution in [0, 0.1) is 18.3 Å². The lowest BCUT2D eigenvalue weighted by molar-refractivity contribution is 0.0909. The first-order valence-corrected chi connectivity index (χ1v) is 7.83. The van der Waals surface area contributed by atoms with Crippen molar-refractivity contribution in [3.05, 3.63) is 41.7 Å². The Morgan fingerprint density at radius 1 is 1.36 bits per heavy atom. The molecule has 2 fully saturated rings. The minimum atomic E-state index is 0.0125. The van der Waals surface area contributed by atoms with Gasteiger partial charge in [0.2, 0.25) is 0 Å². The molecule has 4 rings (SSSR count). The summed E-state index contributed by atoms with van der Waals surface area (Å²) in [5.74, 6) is 3.39. The standard InChI is InChI=1S/C18H19N3O/c1-2-13-8-17-9-15(4-6-21(17)11-13)18(22)19-16-7-14-3-5-20(10-14)12-16/h1,4,6,8-9,11,14,16H,3,5,7,10,12H2,(H,19,22)/t14-,16-/m1/s1. The lowest BCUT2D eigenvalue weighted by atomic mass is 9.96. The molecular weight excluding hydrogens is 274 g/mol. The zero-order valence-corrected chi connectivity index (χ0v) is 12.5. The number of pyridine rings is 1. The lowest BCUT2D eigenvalue weighted by Gasteiger charge is -2.30. The molecule has 2 aliphatic heterocycles. The Kier molecular flexibility index (Phi) is 3.16. The normalized spacial score (nSPS) is 26.8. The van der Waals surface area contributed by atoms with Crippen molar-refractivity contribution in [2.45, 2.75) is 18.9 Å². The average molecular weight is 293 g/mol. The summed E-state index contributed by atoms with van der Waals surface area (Å²) in [6, 6.07) is 5.94. The summed E-state index contributed by atoms with van der Waals surface area (Å²) < 4.78 is 1.94. The second-order valence-electron chi connectivity index (χ2n) is 6.44. The predicted molar refractivity (Wildman–Crippen MR) is 85.8 cm³/mol. The molecule has 2 aromatic heterocycles. The fraction of sp³-hybridized carbons (Fsp3) is 0.389. The van der Waals surface area contributed by atoms with Crippen LogP contribution in [0.5, 0.6) is 0 Å². The number of hydrogen-bond acceptors (Lipinski definition) is 2. The minimum absolute atomic E-state index is 0.0125. The SMILES string of the molecule is C#Cc1cc2cc(C(=O)N[C@@H]3C[C@H]4CCN(C4)C3)ccn2c1. The van der Waals surface area contributed by atoms with Crippen molar-refractivity contribution in [3.63, 3.8) is 0 Å². The Balaban J connectivity index is 1.51. The van der Waals surface area contributed by atoms with Gasteiger partial charge in [-0.1, -0.05) is 5.92 Å². The second-order valence-corrected chi connectivity index (χ2v) is 6.44. The highest BCUT2D eigenvalue weighted by molar-refractivity contribution is 5.95. The van der Waals surface area contributed by atoms with Crippen LogP contribution in [-0.2, 0) is 0 Å². The molecule has 3 atom stereocenters. The van der Waals surface area contributed by atoms with Gasteiger partial charge in [-0.15, -0.1) is 6.42 Å². The molecule has 0 radical (unpaired) electrons. The summed E-state index contributed by atoms with van der Waals surface area (Å²) in [4.78, 5) is 14.9. The van der Waals surface area contributed by atoms with Gasteiger partial charge in [0, 0.05) is 48.2 Å². The van der Waals surface area contributed by atoms with Gasteiger partial charge in [0.15, 0.2) is 0 Å². The number of amides is 1. The molecule has 2 bridgehead atoms. The molecule has 4 nitrogen and oxygen atoms in total. The van der Waals surface area contributed by atoms with Crippen LogP contribution in [0.4, 0.5) is 0 Å². The molecule has 1 amide bonds. The first-order chi connectivity index (χ1) is 10.7. The molecule has 2 saturated heterocycles. The average Bonchev–Trinajstić information content (AvgIpc) is 3.09. The third-order valence-corrected chi connectivity index (χ3v) is 4.83. The Morgan fingerprint density at radius 3 is 3.09 bits per heavy atom. The van der Waals surface area contributed by atoms with Gasteiger partial charge < -0.3 is 14.6 Å². The molecule has 112 valence electrons. The number of nitrogens with one attached hydrogen (secondary N) is 1. The van der Waals surface area contributed by atoms with Crippen molar-refractivity contribution in [1.29, 1.82) is 0 Å². The number of rotatable bonds is 2. The number of aromatic nitrogens is 1. The molecule has 2 aliphatic rings. The topological polar surface area (TPSA) is 36.8 Å². The summed E-state index contributed by atoms with van der Waals surface area (Å²) in [7, 11) is 0. The number of fused-ring (bicyclic) bond motifs is 3. The molecule has 1 unspecified atom stereocenters. The Hall–Kier alpha value is -2.25. The second kappa shape index (κ2) is 5.19. The van der Waals surface area contributed by atoms with E-state index in [1.54, 1.807) is 0 Å². The van der Waals surface area contributed by atoms with Crippen molar-refractivity contribution in [2.75, 3.05) is 19.6 Å². The molecule has 1 N–H and O–H groups in total. The van der Waals surface area contributed by atoms with Crippen LogP contribution in [0.3, 0.4) is 0 Å². The molecule has 4 heteroatoms. The van der Waals surface area contributed by atoms with Crippen molar-refractivity contribution < 1.29 is 4.79 Å². The van der Waals surface area contributed by atoms with E-state index in [1.807, 2.05) is 35.0 Å². The number of hydrogen-bond donors (Lipinski definition) is 1. The fourth-order valence-corrected chi connectivity index (χ4v) is 3.76. The predicted octanol–water partition coefficient (Wildman–Crippen LogP) is 1.74. The van der Waals surface area contributed by atoms with E-state index in [9.17, 15) is 4.79 Å². The first-order valence-electron chi connectivity index (χ1n) is 7.83. The van der Waals surface area contributed by atoms with E-state index in [4.69, 9.17) is 6.42 Å². The van der Waals surface area contributed by atoms with Gasteiger partial charge in [-0.2, -0.15) is 0 Å². The van der Waals surface area contributed by atoms with Gasteiger partial charge in [0.05, 0.1) is 0 Å². The number of carbonyl (C=O) groups is 1. The van der Waals surface area contributed by atoms with Crippen molar-refractivity contribution in [1.82, 2.24) is 14.6 Å². The quantitative estimate of drug-likeness (QED) is 0.856. The van der Waals surface area contributed by atoms with E-state index >= 15 is 0 Å². The Labute approximate surface area is 130 Å². The highest BCUT2D eigenvalue weighted by Crippen LogP contribution is 2.26. The minimum Gasteiger partial charge on any atom is -0.348 e. The van der Waals surface area contributed by atoms with Crippen LogP contribution in [-0.4, -0.2) is 40.9 Å². The number of nitrogens with zero attached hydrogens (tertiary/aromatic N) is 2. The summed E-state index contributed by atoms with van der Waals surface area (Å²) in [5, 5.41) is 3.19. The maximum atomic E-state index is 12.5. The molecule has 22 heavy (non-hydrogen) atoms. The van der Waals surface area contributed by atoms with Gasteiger partial charge in [-0.05, 0) is 43.5 Å². The molecule has 0 aliphatic carbocycles. The largest absolute Gasteiger partial charge is 0.348 e. The van der Waals surface area contributed by atoms with E-state index < -0.39 is 0 Å². The third-order valence-electron chi connectivity index (χ3n) is 4.83. The summed E-state index contributed by atoms with van der Waals surface area (Å²) in [6.07, 6.45) is 11.6. The van der Waals surface area contributed by atoms with E-state index in [2.05, 4.69) is 16.1 Å². The van der Waals surface area contributed by atoms with E-state index in [0.717, 1.165) is 30.0 Å². The van der Waals surface area contributed by atoms with Gasteiger partial charge in [0.25, 0.3) is 5.91 Å². The summed E-state index contributed by atoms with van der Waals surface area (Å²) in [5.41, 5.74) is 2.48. The van der Waals surface area contributed by atoms with Crippen LogP contribution in [0.25, 0.3) is 5.52 Å². The molecule has 0 saturated carbocycles. The maximum absolute atomic E-state index is 12.5. The number of carbonyl (C=O) groups excluding carboxylic acids is 1. The Bertz CT molecular complexity index is 758. The molecule has 4 heterocycles. The first kappa shape index (κ1) is 13.4. The zero-order valence-electron chi connectivity index (χ0n) is 12.5. The number of piperidine rings is 1. The van der Waals surface area contributed by atoms with Crippen LogP contribution in [0.15, 0.2) is 30.6 Å². The molecule has 2 aromatic rings. The smallest absolute Gasteiger partial charge is 0.251 e. The van der Waals surface area contributed by atoms with Crippen molar-refractivity contribution >= 4 is 11.4 Å². The van der Waals surface area contributed by atoms with E-state index in [1.165, 1.54) is 19.5 Å². The van der Waals surface area contributed by atoms with E-state index in [-0.39, 0.29) is 11.9 Å². The highest BCUT2D eigenvalue weighted by Gasteiger charge is 2.32. The molecule has 0 aromatic carbocycles. The van der Waals surface area contributed by atoms with Crippen molar-refractivity contribution in [3.8, 4) is 12.3 Å². The van der Waals surface area contributed by atoms with Crippen LogP contribution < -0.4 is 5.32 Å². The van der Waals surface area contributed by atoms with Gasteiger partial charge >= 0.3 is 0 Å². The summed E-state index contributed by atoms with van der Waals surface area (Å²) in [6.45, 7) is 3.37. The van der Waals surface area contributed by atoms with Gasteiger partial charge in [-0.3, -0.25) is 4.79 Å². The maximum Gasteiger partial charge on any atom is 0.251 e. The van der Waals surface area contributed by atoms with Crippen LogP contribution in [0.2, 0.25) is 0 Å². The number of terminal acetylenes is 1. The molecule has 0 spiro atoms. The third kappa shape index (κ3) is 2.38. The fourth-order valence-electron chi connectivity index (χ4n) is 3.76. The van der Waals surface area contributed by atoms with Crippen molar-refractivity contribution in [2.24, 2.45) is 5.92 Å². The zero-order chi connectivity index (χ0) is 15.1. The van der Waals surface area contributed by atoms with Crippen LogP contribution >= 0.6 is 0 Å².